The number of anilines is 1. The maximum absolute atomic E-state index is 14.5. The van der Waals surface area contributed by atoms with Crippen LogP contribution in [0.4, 0.5) is 10.1 Å². The Morgan fingerprint density at radius 3 is 2.24 bits per heavy atom. The number of imidazole rings is 1. The van der Waals surface area contributed by atoms with Crippen LogP contribution in [0.2, 0.25) is 0 Å². The highest BCUT2D eigenvalue weighted by molar-refractivity contribution is 5.71. The van der Waals surface area contributed by atoms with E-state index in [9.17, 15) is 14.0 Å². The van der Waals surface area contributed by atoms with Gasteiger partial charge in [-0.05, 0) is 18.2 Å². The Hall–Kier alpha value is -3.72. The molecule has 8 nitrogen and oxygen atoms in total. The lowest BCUT2D eigenvalue weighted by atomic mass is 10.2. The molecule has 2 aromatic heterocycles. The van der Waals surface area contributed by atoms with Gasteiger partial charge in [-0.2, -0.15) is 0 Å². The fourth-order valence-electron chi connectivity index (χ4n) is 4.58. The highest BCUT2D eigenvalue weighted by atomic mass is 19.1. The summed E-state index contributed by atoms with van der Waals surface area (Å²) in [7, 11) is 3.06. The van der Waals surface area contributed by atoms with Crippen LogP contribution in [0, 0.1) is 5.82 Å². The van der Waals surface area contributed by atoms with Crippen LogP contribution in [0.25, 0.3) is 11.2 Å². The van der Waals surface area contributed by atoms with Gasteiger partial charge >= 0.3 is 5.69 Å². The highest BCUT2D eigenvalue weighted by Crippen LogP contribution is 2.20. The first-order valence-corrected chi connectivity index (χ1v) is 11.3. The standard InChI is InChI=1S/C25H27FN6O2/c1-28-23-22(24(33)29(2)25(28)34)32(16-18-8-6-7-11-20(18)26)21(27-23)17-30-12-14-31(15-13-30)19-9-4-3-5-10-19/h3-11H,12-17H2,1-2H3. The van der Waals surface area contributed by atoms with Gasteiger partial charge in [0.1, 0.15) is 11.6 Å². The molecule has 34 heavy (non-hydrogen) atoms. The number of aryl methyl sites for hydroxylation is 1. The second-order valence-corrected chi connectivity index (χ2v) is 8.68. The molecule has 0 amide bonds. The molecule has 176 valence electrons. The molecule has 0 aliphatic carbocycles. The van der Waals surface area contributed by atoms with Crippen LogP contribution in [0.1, 0.15) is 11.4 Å². The van der Waals surface area contributed by atoms with Crippen molar-refractivity contribution >= 4 is 16.9 Å². The molecule has 0 spiro atoms. The van der Waals surface area contributed by atoms with Gasteiger partial charge in [0.2, 0.25) is 0 Å². The maximum Gasteiger partial charge on any atom is 0.332 e. The van der Waals surface area contributed by atoms with Crippen molar-refractivity contribution < 1.29 is 4.39 Å². The van der Waals surface area contributed by atoms with E-state index >= 15 is 0 Å². The SMILES string of the molecule is Cn1c(=O)c2c(nc(CN3CCN(c4ccccc4)CC3)n2Cc2ccccc2F)n(C)c1=O. The molecule has 0 atom stereocenters. The molecule has 0 N–H and O–H groups in total. The van der Waals surface area contributed by atoms with E-state index in [0.29, 0.717) is 29.1 Å². The van der Waals surface area contributed by atoms with Gasteiger partial charge in [-0.25, -0.2) is 14.2 Å². The number of aromatic nitrogens is 4. The van der Waals surface area contributed by atoms with Crippen molar-refractivity contribution in [3.63, 3.8) is 0 Å². The normalized spacial score (nSPS) is 14.7. The lowest BCUT2D eigenvalue weighted by Crippen LogP contribution is -2.46. The largest absolute Gasteiger partial charge is 0.369 e. The average molecular weight is 463 g/mol. The third-order valence-electron chi connectivity index (χ3n) is 6.57. The molecule has 5 rings (SSSR count). The molecule has 1 aliphatic rings. The zero-order chi connectivity index (χ0) is 23.8. The third kappa shape index (κ3) is 3.92. The lowest BCUT2D eigenvalue weighted by Gasteiger charge is -2.36. The molecule has 1 saturated heterocycles. The summed E-state index contributed by atoms with van der Waals surface area (Å²) in [5, 5.41) is 0. The first kappa shape index (κ1) is 22.1. The second kappa shape index (κ2) is 8.90. The lowest BCUT2D eigenvalue weighted by molar-refractivity contribution is 0.241. The van der Waals surface area contributed by atoms with Crippen LogP contribution in [0.15, 0.2) is 64.2 Å². The Balaban J connectivity index is 1.50. The Labute approximate surface area is 196 Å². The fourth-order valence-corrected chi connectivity index (χ4v) is 4.58. The van der Waals surface area contributed by atoms with E-state index in [1.54, 1.807) is 29.8 Å². The molecule has 0 radical (unpaired) electrons. The molecule has 3 heterocycles. The molecule has 0 bridgehead atoms. The number of benzene rings is 2. The highest BCUT2D eigenvalue weighted by Gasteiger charge is 2.23. The van der Waals surface area contributed by atoms with E-state index in [1.807, 2.05) is 18.2 Å². The first-order chi connectivity index (χ1) is 16.4. The molecule has 1 aliphatic heterocycles. The smallest absolute Gasteiger partial charge is 0.332 e. The van der Waals surface area contributed by atoms with Crippen molar-refractivity contribution in [3.8, 4) is 0 Å². The van der Waals surface area contributed by atoms with Crippen LogP contribution in [0.5, 0.6) is 0 Å². The summed E-state index contributed by atoms with van der Waals surface area (Å²) in [6, 6.07) is 16.8. The number of hydrogen-bond acceptors (Lipinski definition) is 5. The van der Waals surface area contributed by atoms with Gasteiger partial charge in [-0.15, -0.1) is 0 Å². The molecule has 0 unspecified atom stereocenters. The van der Waals surface area contributed by atoms with Crippen LogP contribution in [0.3, 0.4) is 0 Å². The van der Waals surface area contributed by atoms with Crippen molar-refractivity contribution in [1.29, 1.82) is 0 Å². The van der Waals surface area contributed by atoms with Crippen LogP contribution in [-0.4, -0.2) is 49.8 Å². The van der Waals surface area contributed by atoms with Crippen LogP contribution >= 0.6 is 0 Å². The number of fused-ring (bicyclic) bond motifs is 1. The zero-order valence-corrected chi connectivity index (χ0v) is 19.3. The number of para-hydroxylation sites is 1. The molecule has 1 fully saturated rings. The number of halogens is 1. The summed E-state index contributed by atoms with van der Waals surface area (Å²) in [6.07, 6.45) is 0. The van der Waals surface area contributed by atoms with Crippen LogP contribution < -0.4 is 16.1 Å². The van der Waals surface area contributed by atoms with E-state index in [4.69, 9.17) is 4.98 Å². The summed E-state index contributed by atoms with van der Waals surface area (Å²) >= 11 is 0. The maximum atomic E-state index is 14.5. The molecule has 4 aromatic rings. The van der Waals surface area contributed by atoms with Gasteiger partial charge in [0.05, 0.1) is 13.1 Å². The van der Waals surface area contributed by atoms with Gasteiger partial charge < -0.3 is 9.47 Å². The minimum Gasteiger partial charge on any atom is -0.369 e. The van der Waals surface area contributed by atoms with E-state index in [0.717, 1.165) is 30.7 Å². The summed E-state index contributed by atoms with van der Waals surface area (Å²) in [5.41, 5.74) is 1.44. The zero-order valence-electron chi connectivity index (χ0n) is 19.3. The summed E-state index contributed by atoms with van der Waals surface area (Å²) < 4.78 is 18.7. The Kier molecular flexibility index (Phi) is 5.79. The predicted octanol–water partition coefficient (Wildman–Crippen LogP) is 1.94. The Bertz CT molecular complexity index is 1450. The van der Waals surface area contributed by atoms with Crippen molar-refractivity contribution in [2.75, 3.05) is 31.1 Å². The fraction of sp³-hybridized carbons (Fsp3) is 0.320. The van der Waals surface area contributed by atoms with Crippen LogP contribution in [-0.2, 0) is 27.2 Å². The van der Waals surface area contributed by atoms with Crippen molar-refractivity contribution in [2.24, 2.45) is 14.1 Å². The number of hydrogen-bond donors (Lipinski definition) is 0. The molecule has 9 heteroatoms. The van der Waals surface area contributed by atoms with E-state index in [2.05, 4.69) is 21.9 Å². The van der Waals surface area contributed by atoms with Gasteiger partial charge in [0, 0.05) is 51.5 Å². The topological polar surface area (TPSA) is 68.3 Å². The van der Waals surface area contributed by atoms with Gasteiger partial charge in [-0.1, -0.05) is 36.4 Å². The van der Waals surface area contributed by atoms with Gasteiger partial charge in [0.25, 0.3) is 5.56 Å². The van der Waals surface area contributed by atoms with E-state index in [1.165, 1.54) is 23.4 Å². The monoisotopic (exact) mass is 462 g/mol. The first-order valence-electron chi connectivity index (χ1n) is 11.3. The number of nitrogens with zero attached hydrogens (tertiary/aromatic N) is 6. The molecular formula is C25H27FN6O2. The number of piperazine rings is 1. The van der Waals surface area contributed by atoms with Crippen molar-refractivity contribution in [2.45, 2.75) is 13.1 Å². The van der Waals surface area contributed by atoms with E-state index in [-0.39, 0.29) is 12.4 Å². The Morgan fingerprint density at radius 2 is 1.53 bits per heavy atom. The Morgan fingerprint density at radius 1 is 0.853 bits per heavy atom. The molecular weight excluding hydrogens is 435 g/mol. The number of rotatable bonds is 5. The minimum absolute atomic E-state index is 0.163. The third-order valence-corrected chi connectivity index (χ3v) is 6.57. The summed E-state index contributed by atoms with van der Waals surface area (Å²) in [5.74, 6) is 0.304. The minimum atomic E-state index is -0.434. The van der Waals surface area contributed by atoms with E-state index < -0.39 is 11.2 Å². The van der Waals surface area contributed by atoms with Crippen molar-refractivity contribution in [3.05, 3.63) is 92.6 Å². The average Bonchev–Trinajstić information content (AvgIpc) is 3.21. The van der Waals surface area contributed by atoms with Gasteiger partial charge in [0.15, 0.2) is 11.2 Å². The predicted molar refractivity (Wildman–Crippen MR) is 130 cm³/mol. The van der Waals surface area contributed by atoms with Crippen molar-refractivity contribution in [1.82, 2.24) is 23.6 Å². The summed E-state index contributed by atoms with van der Waals surface area (Å²) in [4.78, 5) is 34.9. The van der Waals surface area contributed by atoms with Gasteiger partial charge in [-0.3, -0.25) is 18.8 Å². The summed E-state index contributed by atoms with van der Waals surface area (Å²) in [6.45, 7) is 4.07. The second-order valence-electron chi connectivity index (χ2n) is 8.68. The quantitative estimate of drug-likeness (QED) is 0.454. The molecule has 2 aromatic carbocycles. The molecule has 0 saturated carbocycles.